The summed E-state index contributed by atoms with van der Waals surface area (Å²) in [6.45, 7) is 4.62. The molecule has 16 heavy (non-hydrogen) atoms. The summed E-state index contributed by atoms with van der Waals surface area (Å²) >= 11 is 0. The van der Waals surface area contributed by atoms with Gasteiger partial charge in [-0.3, -0.25) is 0 Å². The third-order valence-electron chi connectivity index (χ3n) is 2.20. The van der Waals surface area contributed by atoms with Crippen molar-refractivity contribution in [2.75, 3.05) is 0 Å². The van der Waals surface area contributed by atoms with Crippen molar-refractivity contribution in [3.8, 4) is 5.75 Å². The predicted octanol–water partition coefficient (Wildman–Crippen LogP) is 3.39. The smallest absolute Gasteiger partial charge is 0.127 e. The van der Waals surface area contributed by atoms with Gasteiger partial charge in [0.25, 0.3) is 0 Å². The molecule has 0 amide bonds. The lowest BCUT2D eigenvalue weighted by Crippen LogP contribution is -1.96. The Hall–Kier alpha value is -1.54. The molecular formula is C14H19NO. The van der Waals surface area contributed by atoms with E-state index >= 15 is 0 Å². The van der Waals surface area contributed by atoms with Gasteiger partial charge in [-0.05, 0) is 43.2 Å². The van der Waals surface area contributed by atoms with Gasteiger partial charge in [0, 0.05) is 6.54 Å². The van der Waals surface area contributed by atoms with Crippen LogP contribution in [0, 0.1) is 0 Å². The van der Waals surface area contributed by atoms with Crippen LogP contribution in [0.3, 0.4) is 0 Å². The second-order valence-corrected chi connectivity index (χ2v) is 3.45. The van der Waals surface area contributed by atoms with E-state index in [0.29, 0.717) is 6.54 Å². The topological polar surface area (TPSA) is 35.2 Å². The molecule has 2 heteroatoms. The van der Waals surface area contributed by atoms with Crippen LogP contribution in [-0.4, -0.2) is 0 Å². The van der Waals surface area contributed by atoms with Crippen molar-refractivity contribution in [3.63, 3.8) is 0 Å². The molecule has 0 spiro atoms. The maximum absolute atomic E-state index is 5.70. The van der Waals surface area contributed by atoms with Crippen molar-refractivity contribution in [1.29, 1.82) is 0 Å². The Labute approximate surface area is 97.4 Å². The minimum Gasteiger partial charge on any atom is -0.458 e. The first-order valence-corrected chi connectivity index (χ1v) is 5.59. The van der Waals surface area contributed by atoms with Crippen molar-refractivity contribution in [2.45, 2.75) is 26.8 Å². The van der Waals surface area contributed by atoms with Crippen LogP contribution in [-0.2, 0) is 6.54 Å². The molecule has 0 heterocycles. The van der Waals surface area contributed by atoms with Crippen LogP contribution in [0.25, 0.3) is 0 Å². The predicted molar refractivity (Wildman–Crippen MR) is 68.1 cm³/mol. The minimum atomic E-state index is 0.562. The van der Waals surface area contributed by atoms with Crippen molar-refractivity contribution in [1.82, 2.24) is 0 Å². The number of hydrogen-bond donors (Lipinski definition) is 1. The summed E-state index contributed by atoms with van der Waals surface area (Å²) in [4.78, 5) is 0. The van der Waals surface area contributed by atoms with E-state index in [0.717, 1.165) is 23.5 Å². The monoisotopic (exact) mass is 217 g/mol. The number of nitrogens with two attached hydrogens (primary N) is 1. The second-order valence-electron chi connectivity index (χ2n) is 3.45. The molecule has 86 valence electrons. The summed E-state index contributed by atoms with van der Waals surface area (Å²) in [5.41, 5.74) is 6.64. The molecule has 0 radical (unpaired) electrons. The lowest BCUT2D eigenvalue weighted by molar-refractivity contribution is 0.443. The van der Waals surface area contributed by atoms with Crippen molar-refractivity contribution < 1.29 is 4.74 Å². The highest BCUT2D eigenvalue weighted by atomic mass is 16.5. The molecule has 0 aromatic heterocycles. The highest BCUT2D eigenvalue weighted by molar-refractivity contribution is 5.30. The minimum absolute atomic E-state index is 0.562. The van der Waals surface area contributed by atoms with Crippen LogP contribution in [0.15, 0.2) is 48.3 Å². The average molecular weight is 217 g/mol. The molecule has 1 rings (SSSR count). The molecule has 0 bridgehead atoms. The Kier molecular flexibility index (Phi) is 5.37. The fourth-order valence-electron chi connectivity index (χ4n) is 1.25. The molecule has 0 atom stereocenters. The third kappa shape index (κ3) is 3.91. The highest BCUT2D eigenvalue weighted by Gasteiger charge is 1.96. The van der Waals surface area contributed by atoms with E-state index in [1.807, 2.05) is 43.3 Å². The highest BCUT2D eigenvalue weighted by Crippen LogP contribution is 2.15. The molecule has 0 aliphatic rings. The van der Waals surface area contributed by atoms with Gasteiger partial charge >= 0.3 is 0 Å². The van der Waals surface area contributed by atoms with Crippen molar-refractivity contribution in [3.05, 3.63) is 53.8 Å². The normalized spacial score (nSPS) is 12.1. The first-order chi connectivity index (χ1) is 7.80. The molecule has 2 nitrogen and oxygen atoms in total. The van der Waals surface area contributed by atoms with E-state index < -0.39 is 0 Å². The number of allylic oxidation sites excluding steroid dienone is 3. The standard InChI is InChI=1S/C14H19NO/c1-3-5-6-13(4-2)16-14-9-7-12(11-15)8-10-14/h4-10H,3,11,15H2,1-2H3/b6-5-,13-4+. The molecule has 1 aromatic carbocycles. The summed E-state index contributed by atoms with van der Waals surface area (Å²) in [6.07, 6.45) is 7.01. The van der Waals surface area contributed by atoms with Gasteiger partial charge in [0.05, 0.1) is 0 Å². The quantitative estimate of drug-likeness (QED) is 0.606. The Morgan fingerprint density at radius 1 is 1.31 bits per heavy atom. The SMILES string of the molecule is C/C=C(\C=C/CC)Oc1ccc(CN)cc1. The third-order valence-corrected chi connectivity index (χ3v) is 2.20. The molecule has 0 saturated heterocycles. The van der Waals surface area contributed by atoms with Gasteiger partial charge in [-0.15, -0.1) is 0 Å². The lowest BCUT2D eigenvalue weighted by atomic mass is 10.2. The Bertz CT molecular complexity index is 363. The Morgan fingerprint density at radius 3 is 2.50 bits per heavy atom. The van der Waals surface area contributed by atoms with E-state index in [9.17, 15) is 0 Å². The Balaban J connectivity index is 2.67. The molecule has 1 aromatic rings. The van der Waals surface area contributed by atoms with Gasteiger partial charge in [0.2, 0.25) is 0 Å². The average Bonchev–Trinajstić information content (AvgIpc) is 2.35. The summed E-state index contributed by atoms with van der Waals surface area (Å²) in [7, 11) is 0. The van der Waals surface area contributed by atoms with Crippen LogP contribution in [0.2, 0.25) is 0 Å². The summed E-state index contributed by atoms with van der Waals surface area (Å²) in [6, 6.07) is 7.83. The van der Waals surface area contributed by atoms with E-state index in [1.165, 1.54) is 0 Å². The lowest BCUT2D eigenvalue weighted by Gasteiger charge is -2.06. The zero-order chi connectivity index (χ0) is 11.8. The number of rotatable bonds is 5. The van der Waals surface area contributed by atoms with Crippen LogP contribution >= 0.6 is 0 Å². The van der Waals surface area contributed by atoms with Crippen molar-refractivity contribution in [2.24, 2.45) is 5.73 Å². The molecule has 0 aliphatic heterocycles. The summed E-state index contributed by atoms with van der Waals surface area (Å²) < 4.78 is 5.70. The van der Waals surface area contributed by atoms with Crippen LogP contribution in [0.4, 0.5) is 0 Å². The van der Waals surface area contributed by atoms with Gasteiger partial charge in [-0.25, -0.2) is 0 Å². The van der Waals surface area contributed by atoms with E-state index in [-0.39, 0.29) is 0 Å². The number of hydrogen-bond acceptors (Lipinski definition) is 2. The van der Waals surface area contributed by atoms with Gasteiger partial charge < -0.3 is 10.5 Å². The second kappa shape index (κ2) is 6.85. The summed E-state index contributed by atoms with van der Waals surface area (Å²) in [5, 5.41) is 0. The van der Waals surface area contributed by atoms with Gasteiger partial charge in [0.15, 0.2) is 0 Å². The molecule has 0 aliphatic carbocycles. The van der Waals surface area contributed by atoms with E-state index in [4.69, 9.17) is 10.5 Å². The number of benzene rings is 1. The fraction of sp³-hybridized carbons (Fsp3) is 0.286. The van der Waals surface area contributed by atoms with Crippen molar-refractivity contribution >= 4 is 0 Å². The molecule has 2 N–H and O–H groups in total. The van der Waals surface area contributed by atoms with E-state index in [2.05, 4.69) is 13.0 Å². The van der Waals surface area contributed by atoms with Crippen LogP contribution in [0.1, 0.15) is 25.8 Å². The van der Waals surface area contributed by atoms with E-state index in [1.54, 1.807) is 0 Å². The molecule has 0 unspecified atom stereocenters. The largest absolute Gasteiger partial charge is 0.458 e. The zero-order valence-electron chi connectivity index (χ0n) is 9.94. The van der Waals surface area contributed by atoms with Gasteiger partial charge in [-0.2, -0.15) is 0 Å². The summed E-state index contributed by atoms with van der Waals surface area (Å²) in [5.74, 6) is 1.70. The zero-order valence-corrected chi connectivity index (χ0v) is 9.94. The van der Waals surface area contributed by atoms with Crippen LogP contribution in [0.5, 0.6) is 5.75 Å². The first-order valence-electron chi connectivity index (χ1n) is 5.59. The van der Waals surface area contributed by atoms with Crippen LogP contribution < -0.4 is 10.5 Å². The Morgan fingerprint density at radius 2 is 2.00 bits per heavy atom. The fourth-order valence-corrected chi connectivity index (χ4v) is 1.25. The molecule has 0 fully saturated rings. The van der Waals surface area contributed by atoms with Gasteiger partial charge in [0.1, 0.15) is 11.5 Å². The van der Waals surface area contributed by atoms with Gasteiger partial charge in [-0.1, -0.05) is 25.1 Å². The maximum atomic E-state index is 5.70. The maximum Gasteiger partial charge on any atom is 0.127 e. The molecular weight excluding hydrogens is 198 g/mol. The number of ether oxygens (including phenoxy) is 1. The first kappa shape index (κ1) is 12.5. The molecule has 0 saturated carbocycles.